The van der Waals surface area contributed by atoms with Gasteiger partial charge in [-0.1, -0.05) is 30.3 Å². The monoisotopic (exact) mass is 413 g/mol. The fourth-order valence-electron chi connectivity index (χ4n) is 4.08. The normalized spacial score (nSPS) is 15.2. The minimum atomic E-state index is -0.504. The van der Waals surface area contributed by atoms with E-state index in [2.05, 4.69) is 0 Å². The molecule has 0 saturated carbocycles. The summed E-state index contributed by atoms with van der Waals surface area (Å²) in [7, 11) is 0. The van der Waals surface area contributed by atoms with E-state index < -0.39 is 12.1 Å². The van der Waals surface area contributed by atoms with Crippen molar-refractivity contribution in [2.45, 2.75) is 25.9 Å². The largest absolute Gasteiger partial charge is 0.465 e. The first-order valence-electron chi connectivity index (χ1n) is 10.2. The molecule has 1 atom stereocenters. The summed E-state index contributed by atoms with van der Waals surface area (Å²) in [6.07, 6.45) is 4.58. The number of nitrogens with zero attached hydrogens (tertiary/aromatic N) is 1. The van der Waals surface area contributed by atoms with Gasteiger partial charge in [-0.05, 0) is 72.9 Å². The molecule has 0 spiro atoms. The van der Waals surface area contributed by atoms with Crippen LogP contribution in [0.4, 0.5) is 4.39 Å². The highest BCUT2D eigenvalue weighted by atomic mass is 19.1. The lowest BCUT2D eigenvalue weighted by atomic mass is 10.0. The summed E-state index contributed by atoms with van der Waals surface area (Å²) in [6.45, 7) is 1.79. The Labute approximate surface area is 179 Å². The summed E-state index contributed by atoms with van der Waals surface area (Å²) >= 11 is 0. The zero-order valence-electron chi connectivity index (χ0n) is 17.0. The average molecular weight is 413 g/mol. The Bertz CT molecular complexity index is 1290. The lowest BCUT2D eigenvalue weighted by Crippen LogP contribution is -2.13. The Hall–Kier alpha value is -3.73. The van der Waals surface area contributed by atoms with Crippen LogP contribution in [0.2, 0.25) is 0 Å². The minimum Gasteiger partial charge on any atom is -0.465 e. The molecule has 0 saturated heterocycles. The van der Waals surface area contributed by atoms with Gasteiger partial charge in [-0.15, -0.1) is 0 Å². The molecule has 2 aromatic heterocycles. The number of allylic oxidation sites excluding steroid dienone is 1. The van der Waals surface area contributed by atoms with Gasteiger partial charge < -0.3 is 9.15 Å². The average Bonchev–Trinajstić information content (AvgIpc) is 3.43. The zero-order valence-corrected chi connectivity index (χ0v) is 17.0. The van der Waals surface area contributed by atoms with Gasteiger partial charge in [0.1, 0.15) is 17.7 Å². The van der Waals surface area contributed by atoms with Gasteiger partial charge in [0.2, 0.25) is 0 Å². The van der Waals surface area contributed by atoms with Crippen LogP contribution >= 0.6 is 0 Å². The van der Waals surface area contributed by atoms with Crippen molar-refractivity contribution in [2.75, 3.05) is 0 Å². The maximum Gasteiger partial charge on any atom is 0.339 e. The molecule has 1 aliphatic carbocycles. The van der Waals surface area contributed by atoms with Gasteiger partial charge in [-0.3, -0.25) is 0 Å². The molecule has 4 nitrogen and oxygen atoms in total. The maximum atomic E-state index is 13.3. The summed E-state index contributed by atoms with van der Waals surface area (Å²) < 4.78 is 24.5. The number of carbonyl (C=O) groups excluding carboxylic acids is 1. The number of hydrogen-bond acceptors (Lipinski definition) is 4. The number of para-hydroxylation sites is 1. The molecule has 2 aromatic carbocycles. The number of aromatic nitrogens is 1. The van der Waals surface area contributed by atoms with E-state index in [1.54, 1.807) is 25.3 Å². The molecule has 2 heterocycles. The smallest absolute Gasteiger partial charge is 0.339 e. The summed E-state index contributed by atoms with van der Waals surface area (Å²) in [5.41, 5.74) is 4.79. The molecule has 5 heteroatoms. The third-order valence-corrected chi connectivity index (χ3v) is 5.63. The summed E-state index contributed by atoms with van der Waals surface area (Å²) in [5.74, 6) is 0.0360. The predicted molar refractivity (Wildman–Crippen MR) is 117 cm³/mol. The first-order valence-corrected chi connectivity index (χ1v) is 10.2. The van der Waals surface area contributed by atoms with Crippen LogP contribution in [-0.4, -0.2) is 11.0 Å². The molecule has 1 aliphatic rings. The number of hydrogen-bond donors (Lipinski definition) is 0. The lowest BCUT2D eigenvalue weighted by molar-refractivity contribution is 0.0339. The molecular formula is C26H20FNO3. The van der Waals surface area contributed by atoms with Crippen LogP contribution in [0.5, 0.6) is 0 Å². The van der Waals surface area contributed by atoms with E-state index in [1.165, 1.54) is 12.1 Å². The molecule has 31 heavy (non-hydrogen) atoms. The second kappa shape index (κ2) is 7.84. The van der Waals surface area contributed by atoms with Crippen LogP contribution in [-0.2, 0) is 11.2 Å². The Morgan fingerprint density at radius 2 is 1.90 bits per heavy atom. The van der Waals surface area contributed by atoms with E-state index in [1.807, 2.05) is 42.5 Å². The van der Waals surface area contributed by atoms with Gasteiger partial charge in [-0.2, -0.15) is 0 Å². The fraction of sp³-hybridized carbons (Fsp3) is 0.154. The topological polar surface area (TPSA) is 52.3 Å². The molecule has 0 fully saturated rings. The second-order valence-electron chi connectivity index (χ2n) is 7.62. The third-order valence-electron chi connectivity index (χ3n) is 5.63. The van der Waals surface area contributed by atoms with Crippen molar-refractivity contribution in [3.8, 4) is 0 Å². The number of fused-ring (bicyclic) bond motifs is 2. The van der Waals surface area contributed by atoms with E-state index in [9.17, 15) is 9.18 Å². The molecule has 0 aliphatic heterocycles. The maximum absolute atomic E-state index is 13.3. The van der Waals surface area contributed by atoms with Crippen LogP contribution < -0.4 is 0 Å². The van der Waals surface area contributed by atoms with Crippen LogP contribution in [0.3, 0.4) is 0 Å². The van der Waals surface area contributed by atoms with Crippen LogP contribution in [0, 0.1) is 5.82 Å². The lowest BCUT2D eigenvalue weighted by Gasteiger charge is -2.17. The first kappa shape index (κ1) is 19.2. The molecule has 0 radical (unpaired) electrons. The number of ether oxygens (including phenoxy) is 1. The van der Waals surface area contributed by atoms with E-state index in [0.717, 1.165) is 45.5 Å². The van der Waals surface area contributed by atoms with E-state index >= 15 is 0 Å². The van der Waals surface area contributed by atoms with Crippen molar-refractivity contribution < 1.29 is 18.3 Å². The number of rotatable bonds is 4. The Balaban J connectivity index is 1.56. The summed E-state index contributed by atoms with van der Waals surface area (Å²) in [6, 6.07) is 17.3. The van der Waals surface area contributed by atoms with E-state index in [4.69, 9.17) is 14.1 Å². The van der Waals surface area contributed by atoms with Crippen molar-refractivity contribution >= 4 is 28.5 Å². The standard InChI is InChI=1S/C26H20FNO3/c1-16(17-8-11-19(27)12-9-17)31-26(29)24-21-6-2-3-7-23(21)28-25-18(10-13-22(24)25)15-20-5-4-14-30-20/h2-9,11-12,14-16H,10,13H2,1H3/t16-/m0/s1. The van der Waals surface area contributed by atoms with Gasteiger partial charge in [0.05, 0.1) is 23.0 Å². The van der Waals surface area contributed by atoms with Gasteiger partial charge in [0.15, 0.2) is 0 Å². The van der Waals surface area contributed by atoms with Gasteiger partial charge in [-0.25, -0.2) is 14.2 Å². The molecular weight excluding hydrogens is 393 g/mol. The SMILES string of the molecule is C[C@H](OC(=O)c1c2c(nc3ccccc13)C(=Cc1ccco1)CC2)c1ccc(F)cc1. The molecule has 0 N–H and O–H groups in total. The van der Waals surface area contributed by atoms with Crippen molar-refractivity contribution in [3.63, 3.8) is 0 Å². The number of esters is 1. The molecule has 154 valence electrons. The van der Waals surface area contributed by atoms with Crippen LogP contribution in [0.15, 0.2) is 71.3 Å². The van der Waals surface area contributed by atoms with Gasteiger partial charge >= 0.3 is 5.97 Å². The first-order chi connectivity index (χ1) is 15.1. The minimum absolute atomic E-state index is 0.323. The van der Waals surface area contributed by atoms with E-state index in [0.29, 0.717) is 12.0 Å². The number of halogens is 1. The van der Waals surface area contributed by atoms with E-state index in [-0.39, 0.29) is 5.82 Å². The van der Waals surface area contributed by atoms with Crippen LogP contribution in [0.25, 0.3) is 22.6 Å². The predicted octanol–water partition coefficient (Wildman–Crippen LogP) is 6.37. The molecule has 0 amide bonds. The highest BCUT2D eigenvalue weighted by molar-refractivity contribution is 6.07. The highest BCUT2D eigenvalue weighted by Gasteiger charge is 2.28. The Kier molecular flexibility index (Phi) is 4.86. The Morgan fingerprint density at radius 1 is 1.10 bits per heavy atom. The second-order valence-corrected chi connectivity index (χ2v) is 7.62. The summed E-state index contributed by atoms with van der Waals surface area (Å²) in [4.78, 5) is 18.2. The highest BCUT2D eigenvalue weighted by Crippen LogP contribution is 2.38. The van der Waals surface area contributed by atoms with Crippen molar-refractivity contribution in [1.82, 2.24) is 4.98 Å². The molecule has 0 bridgehead atoms. The quantitative estimate of drug-likeness (QED) is 0.365. The third kappa shape index (κ3) is 3.63. The van der Waals surface area contributed by atoms with Gasteiger partial charge in [0, 0.05) is 5.39 Å². The van der Waals surface area contributed by atoms with Crippen molar-refractivity contribution in [2.24, 2.45) is 0 Å². The van der Waals surface area contributed by atoms with Gasteiger partial charge in [0.25, 0.3) is 0 Å². The molecule has 4 aromatic rings. The molecule has 5 rings (SSSR count). The number of pyridine rings is 1. The number of carbonyl (C=O) groups is 1. The number of furan rings is 1. The van der Waals surface area contributed by atoms with Crippen LogP contribution in [0.1, 0.15) is 52.4 Å². The van der Waals surface area contributed by atoms with Crippen molar-refractivity contribution in [1.29, 1.82) is 0 Å². The molecule has 0 unspecified atom stereocenters. The number of benzene rings is 2. The van der Waals surface area contributed by atoms with Crippen molar-refractivity contribution in [3.05, 3.63) is 101 Å². The zero-order chi connectivity index (χ0) is 21.4. The summed E-state index contributed by atoms with van der Waals surface area (Å²) in [5, 5.41) is 0.775. The fourth-order valence-corrected chi connectivity index (χ4v) is 4.08. The Morgan fingerprint density at radius 3 is 2.68 bits per heavy atom.